The fraction of sp³-hybridized carbons (Fsp3) is 0.286. The van der Waals surface area contributed by atoms with E-state index in [0.717, 1.165) is 17.2 Å². The van der Waals surface area contributed by atoms with E-state index in [-0.39, 0.29) is 17.1 Å². The first kappa shape index (κ1) is 21.0. The highest BCUT2D eigenvalue weighted by molar-refractivity contribution is 6.31. The lowest BCUT2D eigenvalue weighted by Crippen LogP contribution is -2.12. The van der Waals surface area contributed by atoms with Crippen LogP contribution in [0.25, 0.3) is 11.3 Å². The Labute approximate surface area is 171 Å². The lowest BCUT2D eigenvalue weighted by atomic mass is 10.1. The number of nitrogens with zero attached hydrogens (tertiary/aromatic N) is 2. The van der Waals surface area contributed by atoms with Crippen LogP contribution in [0.1, 0.15) is 36.8 Å². The minimum absolute atomic E-state index is 0.0671. The highest BCUT2D eigenvalue weighted by Crippen LogP contribution is 2.34. The molecular weight excluding hydrogens is 403 g/mol. The van der Waals surface area contributed by atoms with Gasteiger partial charge in [-0.2, -0.15) is 13.9 Å². The van der Waals surface area contributed by atoms with Crippen molar-refractivity contribution < 1.29 is 18.3 Å². The number of halogens is 4. The van der Waals surface area contributed by atoms with Gasteiger partial charge in [-0.05, 0) is 48.9 Å². The average Bonchev–Trinajstić information content (AvgIpc) is 3.02. The van der Waals surface area contributed by atoms with Crippen LogP contribution in [-0.4, -0.2) is 14.9 Å². The van der Waals surface area contributed by atoms with Gasteiger partial charge in [0.1, 0.15) is 17.6 Å². The van der Waals surface area contributed by atoms with Crippen LogP contribution < -0.4 is 5.32 Å². The highest BCUT2D eigenvalue weighted by Gasteiger charge is 2.29. The van der Waals surface area contributed by atoms with Gasteiger partial charge in [0.05, 0.1) is 5.69 Å². The standard InChI is InChI=1S/C21H21ClF3N3O/c1-12(23)16-9-14(5-7-17(16)22)26-11-13-4-6-15(19(29)8-13)18-10-20(21(2,24)25)28(3)27-18/h4-10,12,26,29H,11H2,1-3H3. The molecule has 0 fully saturated rings. The number of hydrogen-bond acceptors (Lipinski definition) is 3. The average molecular weight is 424 g/mol. The summed E-state index contributed by atoms with van der Waals surface area (Å²) < 4.78 is 41.9. The Bertz CT molecular complexity index is 1030. The smallest absolute Gasteiger partial charge is 0.286 e. The first-order valence-electron chi connectivity index (χ1n) is 8.98. The van der Waals surface area contributed by atoms with Crippen LogP contribution >= 0.6 is 11.6 Å². The summed E-state index contributed by atoms with van der Waals surface area (Å²) in [4.78, 5) is 0. The number of alkyl halides is 3. The number of anilines is 1. The van der Waals surface area contributed by atoms with E-state index in [4.69, 9.17) is 11.6 Å². The molecule has 4 nitrogen and oxygen atoms in total. The Morgan fingerprint density at radius 3 is 2.52 bits per heavy atom. The molecule has 0 bridgehead atoms. The number of phenols is 1. The molecule has 1 atom stereocenters. The van der Waals surface area contributed by atoms with Gasteiger partial charge < -0.3 is 10.4 Å². The molecule has 2 N–H and O–H groups in total. The summed E-state index contributed by atoms with van der Waals surface area (Å²) in [5, 5.41) is 18.0. The van der Waals surface area contributed by atoms with Crippen molar-refractivity contribution in [3.8, 4) is 17.0 Å². The summed E-state index contributed by atoms with van der Waals surface area (Å²) in [7, 11) is 1.43. The number of rotatable bonds is 6. The van der Waals surface area contributed by atoms with Gasteiger partial charge in [-0.1, -0.05) is 17.7 Å². The van der Waals surface area contributed by atoms with E-state index >= 15 is 0 Å². The van der Waals surface area contributed by atoms with Crippen LogP contribution in [0.3, 0.4) is 0 Å². The molecule has 0 amide bonds. The zero-order valence-corrected chi connectivity index (χ0v) is 16.9. The SMILES string of the molecule is CC(F)c1cc(NCc2ccc(-c3cc(C(C)(F)F)n(C)n3)c(O)c2)ccc1Cl. The fourth-order valence-electron chi connectivity index (χ4n) is 3.08. The summed E-state index contributed by atoms with van der Waals surface area (Å²) in [5.41, 5.74) is 2.23. The molecule has 154 valence electrons. The predicted octanol–water partition coefficient (Wildman–Crippen LogP) is 6.20. The molecule has 2 aromatic carbocycles. The van der Waals surface area contributed by atoms with Crippen LogP contribution in [0.15, 0.2) is 42.5 Å². The molecule has 0 aliphatic rings. The molecule has 1 unspecified atom stereocenters. The number of aryl methyl sites for hydroxylation is 1. The summed E-state index contributed by atoms with van der Waals surface area (Å²) in [5.74, 6) is -3.10. The molecule has 3 aromatic rings. The van der Waals surface area contributed by atoms with E-state index in [0.29, 0.717) is 28.4 Å². The molecule has 1 heterocycles. The maximum Gasteiger partial charge on any atom is 0.286 e. The Hall–Kier alpha value is -2.67. The summed E-state index contributed by atoms with van der Waals surface area (Å²) in [6, 6.07) is 11.2. The van der Waals surface area contributed by atoms with Crippen molar-refractivity contribution in [2.45, 2.75) is 32.5 Å². The molecule has 0 radical (unpaired) electrons. The van der Waals surface area contributed by atoms with Crippen molar-refractivity contribution in [1.29, 1.82) is 0 Å². The van der Waals surface area contributed by atoms with Crippen LogP contribution in [0.4, 0.5) is 18.9 Å². The molecule has 1 aromatic heterocycles. The normalized spacial score (nSPS) is 12.8. The Morgan fingerprint density at radius 1 is 1.21 bits per heavy atom. The Kier molecular flexibility index (Phi) is 5.80. The first-order valence-corrected chi connectivity index (χ1v) is 9.36. The summed E-state index contributed by atoms with van der Waals surface area (Å²) >= 11 is 5.99. The van der Waals surface area contributed by atoms with E-state index in [1.54, 1.807) is 30.3 Å². The summed E-state index contributed by atoms with van der Waals surface area (Å²) in [6.45, 7) is 2.59. The molecule has 29 heavy (non-hydrogen) atoms. The van der Waals surface area contributed by atoms with Gasteiger partial charge in [0, 0.05) is 42.4 Å². The second kappa shape index (κ2) is 7.99. The molecule has 0 saturated heterocycles. The van der Waals surface area contributed by atoms with Gasteiger partial charge in [-0.25, -0.2) is 4.39 Å². The highest BCUT2D eigenvalue weighted by atomic mass is 35.5. The number of aromatic hydroxyl groups is 1. The van der Waals surface area contributed by atoms with Gasteiger partial charge in [-0.15, -0.1) is 0 Å². The molecule has 0 aliphatic heterocycles. The van der Waals surface area contributed by atoms with E-state index in [9.17, 15) is 18.3 Å². The minimum Gasteiger partial charge on any atom is -0.507 e. The van der Waals surface area contributed by atoms with Crippen LogP contribution in [0.5, 0.6) is 5.75 Å². The number of phenolic OH excluding ortho intramolecular Hbond substituents is 1. The lowest BCUT2D eigenvalue weighted by molar-refractivity contribution is 0.00883. The number of nitrogens with one attached hydrogen (secondary N) is 1. The van der Waals surface area contributed by atoms with Crippen LogP contribution in [0.2, 0.25) is 5.02 Å². The second-order valence-electron chi connectivity index (χ2n) is 6.98. The second-order valence-corrected chi connectivity index (χ2v) is 7.39. The van der Waals surface area contributed by atoms with Crippen molar-refractivity contribution in [3.05, 3.63) is 64.3 Å². The number of aromatic nitrogens is 2. The molecular formula is C21H21ClF3N3O. The zero-order chi connectivity index (χ0) is 21.3. The summed E-state index contributed by atoms with van der Waals surface area (Å²) in [6.07, 6.45) is -1.19. The Morgan fingerprint density at radius 2 is 1.93 bits per heavy atom. The minimum atomic E-state index is -3.03. The Balaban J connectivity index is 1.78. The topological polar surface area (TPSA) is 50.1 Å². The molecule has 0 spiro atoms. The molecule has 8 heteroatoms. The van der Waals surface area contributed by atoms with Gasteiger partial charge >= 0.3 is 0 Å². The van der Waals surface area contributed by atoms with E-state index < -0.39 is 12.1 Å². The third-order valence-corrected chi connectivity index (χ3v) is 4.93. The van der Waals surface area contributed by atoms with Gasteiger partial charge in [0.2, 0.25) is 0 Å². The van der Waals surface area contributed by atoms with Gasteiger partial charge in [0.15, 0.2) is 0 Å². The zero-order valence-electron chi connectivity index (χ0n) is 16.2. The third-order valence-electron chi connectivity index (χ3n) is 4.59. The quantitative estimate of drug-likeness (QED) is 0.496. The van der Waals surface area contributed by atoms with Crippen molar-refractivity contribution >= 4 is 17.3 Å². The number of benzene rings is 2. The van der Waals surface area contributed by atoms with Crippen molar-refractivity contribution in [1.82, 2.24) is 9.78 Å². The fourth-order valence-corrected chi connectivity index (χ4v) is 3.34. The maximum atomic E-state index is 13.6. The van der Waals surface area contributed by atoms with E-state index in [1.165, 1.54) is 26.1 Å². The maximum absolute atomic E-state index is 13.6. The molecule has 3 rings (SSSR count). The van der Waals surface area contributed by atoms with Crippen molar-refractivity contribution in [3.63, 3.8) is 0 Å². The van der Waals surface area contributed by atoms with E-state index in [1.807, 2.05) is 0 Å². The molecule has 0 aliphatic carbocycles. The number of hydrogen-bond donors (Lipinski definition) is 2. The first-order chi connectivity index (χ1) is 13.6. The largest absolute Gasteiger partial charge is 0.507 e. The van der Waals surface area contributed by atoms with Gasteiger partial charge in [0.25, 0.3) is 5.92 Å². The van der Waals surface area contributed by atoms with Crippen molar-refractivity contribution in [2.75, 3.05) is 5.32 Å². The van der Waals surface area contributed by atoms with Crippen LogP contribution in [-0.2, 0) is 19.5 Å². The monoisotopic (exact) mass is 423 g/mol. The van der Waals surface area contributed by atoms with Gasteiger partial charge in [-0.3, -0.25) is 4.68 Å². The van der Waals surface area contributed by atoms with Crippen molar-refractivity contribution in [2.24, 2.45) is 7.05 Å². The third kappa shape index (κ3) is 4.67. The molecule has 0 saturated carbocycles. The van der Waals surface area contributed by atoms with Crippen LogP contribution in [0, 0.1) is 0 Å². The van der Waals surface area contributed by atoms with E-state index in [2.05, 4.69) is 10.4 Å². The lowest BCUT2D eigenvalue weighted by Gasteiger charge is -2.12. The predicted molar refractivity (Wildman–Crippen MR) is 108 cm³/mol.